The van der Waals surface area contributed by atoms with Crippen molar-refractivity contribution in [2.75, 3.05) is 0 Å². The minimum atomic E-state index is -1.19. The Bertz CT molecular complexity index is 448. The summed E-state index contributed by atoms with van der Waals surface area (Å²) in [6, 6.07) is 0. The van der Waals surface area contributed by atoms with E-state index in [-0.39, 0.29) is 11.8 Å². The molecule has 3 saturated carbocycles. The van der Waals surface area contributed by atoms with Crippen LogP contribution in [0.25, 0.3) is 0 Å². The molecule has 3 rings (SSSR count). The molecular weight excluding hydrogens is 374 g/mol. The summed E-state index contributed by atoms with van der Waals surface area (Å²) >= 11 is 0. The van der Waals surface area contributed by atoms with E-state index < -0.39 is 12.3 Å². The fraction of sp³-hybridized carbons (Fsp3) is 1.00. The molecule has 0 amide bonds. The first-order chi connectivity index (χ1) is 14.6. The van der Waals surface area contributed by atoms with E-state index in [4.69, 9.17) is 0 Å². The molecule has 3 aliphatic carbocycles. The van der Waals surface area contributed by atoms with Crippen molar-refractivity contribution in [2.24, 2.45) is 35.5 Å². The Kier molecular flexibility index (Phi) is 10.4. The third-order valence-electron chi connectivity index (χ3n) is 9.36. The summed E-state index contributed by atoms with van der Waals surface area (Å²) in [6.07, 6.45) is 20.0. The van der Waals surface area contributed by atoms with E-state index in [1.165, 1.54) is 77.0 Å². The second-order valence-corrected chi connectivity index (χ2v) is 11.3. The van der Waals surface area contributed by atoms with Crippen LogP contribution >= 0.6 is 0 Å². The molecule has 0 spiro atoms. The van der Waals surface area contributed by atoms with Gasteiger partial charge in [-0.1, -0.05) is 90.9 Å². The van der Waals surface area contributed by atoms with E-state index in [9.17, 15) is 0 Å². The van der Waals surface area contributed by atoms with Crippen LogP contribution in [0.3, 0.4) is 0 Å². The van der Waals surface area contributed by atoms with E-state index in [0.29, 0.717) is 11.8 Å². The van der Waals surface area contributed by atoms with Gasteiger partial charge in [0.05, 0.1) is 0 Å². The van der Waals surface area contributed by atoms with Crippen molar-refractivity contribution in [1.82, 2.24) is 0 Å². The lowest BCUT2D eigenvalue weighted by molar-refractivity contribution is -0.0370. The van der Waals surface area contributed by atoms with E-state index in [1.807, 2.05) is 0 Å². The summed E-state index contributed by atoms with van der Waals surface area (Å²) in [5, 5.41) is 0. The maximum Gasteiger partial charge on any atom is 0.134 e. The highest BCUT2D eigenvalue weighted by molar-refractivity contribution is 4.95. The van der Waals surface area contributed by atoms with Crippen molar-refractivity contribution in [2.45, 2.75) is 142 Å². The average molecular weight is 425 g/mol. The maximum atomic E-state index is 15.3. The molecule has 3 fully saturated rings. The SMILES string of the molecule is CCCCCCCC1CCC(C2CCC(C3CCC(CCC)CC3)C(F)C2F)CC1. The van der Waals surface area contributed by atoms with E-state index >= 15 is 8.78 Å². The van der Waals surface area contributed by atoms with Crippen LogP contribution in [0.15, 0.2) is 0 Å². The predicted molar refractivity (Wildman–Crippen MR) is 125 cm³/mol. The van der Waals surface area contributed by atoms with E-state index in [2.05, 4.69) is 13.8 Å². The Balaban J connectivity index is 1.39. The Labute approximate surface area is 186 Å². The Morgan fingerprint density at radius 2 is 0.967 bits per heavy atom. The molecule has 2 heteroatoms. The van der Waals surface area contributed by atoms with Gasteiger partial charge in [0.1, 0.15) is 12.3 Å². The van der Waals surface area contributed by atoms with Crippen LogP contribution in [-0.4, -0.2) is 12.3 Å². The largest absolute Gasteiger partial charge is 0.244 e. The summed E-state index contributed by atoms with van der Waals surface area (Å²) in [6.45, 7) is 4.53. The number of alkyl halides is 2. The standard InChI is InChI=1S/C28H50F2/c1-3-5-6-7-8-10-22-13-17-24(18-14-22)26-20-19-25(27(29)28(26)30)23-15-11-21(9-4-2)12-16-23/h21-28H,3-20H2,1-2H3. The molecule has 30 heavy (non-hydrogen) atoms. The minimum absolute atomic E-state index is 0.0122. The highest BCUT2D eigenvalue weighted by Crippen LogP contribution is 2.48. The molecule has 0 aromatic heterocycles. The normalized spacial score (nSPS) is 40.4. The van der Waals surface area contributed by atoms with Gasteiger partial charge in [0.2, 0.25) is 0 Å². The molecule has 0 bridgehead atoms. The minimum Gasteiger partial charge on any atom is -0.244 e. The molecule has 0 heterocycles. The zero-order valence-electron chi connectivity index (χ0n) is 20.1. The van der Waals surface area contributed by atoms with Crippen molar-refractivity contribution in [3.63, 3.8) is 0 Å². The smallest absolute Gasteiger partial charge is 0.134 e. The van der Waals surface area contributed by atoms with Gasteiger partial charge in [0, 0.05) is 0 Å². The lowest BCUT2D eigenvalue weighted by atomic mass is 9.63. The fourth-order valence-corrected chi connectivity index (χ4v) is 7.42. The molecule has 176 valence electrons. The van der Waals surface area contributed by atoms with Crippen molar-refractivity contribution >= 4 is 0 Å². The first-order valence-electron chi connectivity index (χ1n) is 13.9. The van der Waals surface area contributed by atoms with Crippen molar-refractivity contribution in [3.8, 4) is 0 Å². The molecular formula is C28H50F2. The van der Waals surface area contributed by atoms with Gasteiger partial charge >= 0.3 is 0 Å². The zero-order valence-corrected chi connectivity index (χ0v) is 20.1. The van der Waals surface area contributed by atoms with Crippen LogP contribution in [-0.2, 0) is 0 Å². The van der Waals surface area contributed by atoms with Gasteiger partial charge in [0.25, 0.3) is 0 Å². The van der Waals surface area contributed by atoms with Crippen LogP contribution in [0, 0.1) is 35.5 Å². The third-order valence-corrected chi connectivity index (χ3v) is 9.36. The van der Waals surface area contributed by atoms with E-state index in [0.717, 1.165) is 50.4 Å². The highest BCUT2D eigenvalue weighted by atomic mass is 19.2. The Hall–Kier alpha value is -0.140. The van der Waals surface area contributed by atoms with Gasteiger partial charge in [-0.05, 0) is 74.0 Å². The van der Waals surface area contributed by atoms with Gasteiger partial charge in [0.15, 0.2) is 0 Å². The van der Waals surface area contributed by atoms with Gasteiger partial charge in [-0.2, -0.15) is 0 Å². The summed E-state index contributed by atoms with van der Waals surface area (Å²) < 4.78 is 30.5. The molecule has 0 N–H and O–H groups in total. The molecule has 0 nitrogen and oxygen atoms in total. The molecule has 4 unspecified atom stereocenters. The summed E-state index contributed by atoms with van der Waals surface area (Å²) in [5.74, 6) is 2.64. The Morgan fingerprint density at radius 1 is 0.500 bits per heavy atom. The lowest BCUT2D eigenvalue weighted by Crippen LogP contribution is -2.45. The van der Waals surface area contributed by atoms with Crippen LogP contribution in [0.4, 0.5) is 8.78 Å². The lowest BCUT2D eigenvalue weighted by Gasteiger charge is -2.44. The van der Waals surface area contributed by atoms with Crippen molar-refractivity contribution < 1.29 is 8.78 Å². The maximum absolute atomic E-state index is 15.3. The first kappa shape index (κ1) is 24.5. The zero-order chi connectivity index (χ0) is 21.3. The van der Waals surface area contributed by atoms with Gasteiger partial charge < -0.3 is 0 Å². The van der Waals surface area contributed by atoms with Crippen LogP contribution < -0.4 is 0 Å². The summed E-state index contributed by atoms with van der Waals surface area (Å²) in [7, 11) is 0. The van der Waals surface area contributed by atoms with Crippen LogP contribution in [0.5, 0.6) is 0 Å². The average Bonchev–Trinajstić information content (AvgIpc) is 2.77. The highest BCUT2D eigenvalue weighted by Gasteiger charge is 2.46. The van der Waals surface area contributed by atoms with Crippen molar-refractivity contribution in [1.29, 1.82) is 0 Å². The number of halogens is 2. The predicted octanol–water partition coefficient (Wildman–Crippen LogP) is 9.46. The number of rotatable bonds is 10. The van der Waals surface area contributed by atoms with Gasteiger partial charge in [-0.25, -0.2) is 8.78 Å². The molecule has 3 aliphatic rings. The molecule has 0 saturated heterocycles. The molecule has 0 radical (unpaired) electrons. The van der Waals surface area contributed by atoms with Crippen LogP contribution in [0.1, 0.15) is 129 Å². The monoisotopic (exact) mass is 424 g/mol. The molecule has 0 aromatic carbocycles. The van der Waals surface area contributed by atoms with Gasteiger partial charge in [-0.3, -0.25) is 0 Å². The molecule has 0 aromatic rings. The number of unbranched alkanes of at least 4 members (excludes halogenated alkanes) is 4. The molecule has 4 atom stereocenters. The Morgan fingerprint density at radius 3 is 1.43 bits per heavy atom. The third kappa shape index (κ3) is 6.68. The number of hydrogen-bond donors (Lipinski definition) is 0. The number of hydrogen-bond acceptors (Lipinski definition) is 0. The van der Waals surface area contributed by atoms with Crippen molar-refractivity contribution in [3.05, 3.63) is 0 Å². The second kappa shape index (κ2) is 12.8. The van der Waals surface area contributed by atoms with Crippen LogP contribution in [0.2, 0.25) is 0 Å². The topological polar surface area (TPSA) is 0 Å². The second-order valence-electron chi connectivity index (χ2n) is 11.3. The van der Waals surface area contributed by atoms with Gasteiger partial charge in [-0.15, -0.1) is 0 Å². The summed E-state index contributed by atoms with van der Waals surface area (Å²) in [4.78, 5) is 0. The van der Waals surface area contributed by atoms with E-state index in [1.54, 1.807) is 0 Å². The first-order valence-corrected chi connectivity index (χ1v) is 13.9. The fourth-order valence-electron chi connectivity index (χ4n) is 7.42. The summed E-state index contributed by atoms with van der Waals surface area (Å²) in [5.41, 5.74) is 0. The quantitative estimate of drug-likeness (QED) is 0.306. The molecule has 0 aliphatic heterocycles.